The molecule has 0 N–H and O–H groups in total. The van der Waals surface area contributed by atoms with E-state index in [1.165, 1.54) is 22.9 Å². The predicted octanol–water partition coefficient (Wildman–Crippen LogP) is 6.45. The number of thioether (sulfide) groups is 1. The molecule has 0 aromatic heterocycles. The number of rotatable bonds is 9. The quantitative estimate of drug-likeness (QED) is 0.380. The van der Waals surface area contributed by atoms with Crippen molar-refractivity contribution in [2.75, 3.05) is 30.2 Å². The van der Waals surface area contributed by atoms with Crippen LogP contribution in [0.2, 0.25) is 15.1 Å². The van der Waals surface area contributed by atoms with Gasteiger partial charge in [-0.05, 0) is 88.0 Å². The van der Waals surface area contributed by atoms with Crippen molar-refractivity contribution < 1.29 is 8.42 Å². The molecule has 2 aromatic rings. The Morgan fingerprint density at radius 3 is 2.45 bits per heavy atom. The zero-order chi connectivity index (χ0) is 22.6. The van der Waals surface area contributed by atoms with Gasteiger partial charge in [0, 0.05) is 27.9 Å². The van der Waals surface area contributed by atoms with E-state index in [1.54, 1.807) is 30.3 Å². The van der Waals surface area contributed by atoms with E-state index < -0.39 is 10.0 Å². The van der Waals surface area contributed by atoms with Gasteiger partial charge in [0.15, 0.2) is 0 Å². The molecule has 1 unspecified atom stereocenters. The minimum absolute atomic E-state index is 0.169. The van der Waals surface area contributed by atoms with Crippen molar-refractivity contribution in [2.45, 2.75) is 42.4 Å². The number of likely N-dealkylation sites (tertiary alicyclic amines) is 1. The van der Waals surface area contributed by atoms with E-state index in [2.05, 4.69) is 11.2 Å². The van der Waals surface area contributed by atoms with Gasteiger partial charge < -0.3 is 4.90 Å². The van der Waals surface area contributed by atoms with Crippen LogP contribution in [0.5, 0.6) is 0 Å². The van der Waals surface area contributed by atoms with Crippen molar-refractivity contribution in [3.63, 3.8) is 0 Å². The number of sulfonamides is 1. The van der Waals surface area contributed by atoms with E-state index in [9.17, 15) is 8.42 Å². The van der Waals surface area contributed by atoms with Crippen molar-refractivity contribution in [1.29, 1.82) is 0 Å². The second-order valence-electron chi connectivity index (χ2n) is 7.79. The van der Waals surface area contributed by atoms with Gasteiger partial charge in [0.1, 0.15) is 0 Å². The first kappa shape index (κ1) is 25.0. The molecule has 1 heterocycles. The topological polar surface area (TPSA) is 40.6 Å². The molecule has 0 spiro atoms. The zero-order valence-electron chi connectivity index (χ0n) is 17.6. The summed E-state index contributed by atoms with van der Waals surface area (Å²) in [6.45, 7) is 5.08. The maximum atomic E-state index is 13.6. The van der Waals surface area contributed by atoms with E-state index in [4.69, 9.17) is 34.8 Å². The summed E-state index contributed by atoms with van der Waals surface area (Å²) in [5.41, 5.74) is 0.389. The van der Waals surface area contributed by atoms with Crippen LogP contribution in [0.1, 0.15) is 26.2 Å². The van der Waals surface area contributed by atoms with E-state index in [1.807, 2.05) is 18.7 Å². The second kappa shape index (κ2) is 11.0. The summed E-state index contributed by atoms with van der Waals surface area (Å²) in [6, 6.07) is 10.8. The standard InChI is InChI=1S/C22H27Cl3N2O2S2/c1-16(4-3-12-26-13-11-19(15-26)30-2)27(22-14-18(24)7-10-21(22)25)31(28,29)20-8-5-17(23)6-9-20/h5-10,14,16,19H,3-4,11-13,15H2,1-2H3/t16-,19?/m1/s1. The Morgan fingerprint density at radius 1 is 1.13 bits per heavy atom. The number of benzene rings is 2. The van der Waals surface area contributed by atoms with Gasteiger partial charge in [0.25, 0.3) is 10.0 Å². The van der Waals surface area contributed by atoms with Crippen LogP contribution in [0.25, 0.3) is 0 Å². The van der Waals surface area contributed by atoms with Crippen LogP contribution >= 0.6 is 46.6 Å². The fourth-order valence-corrected chi connectivity index (χ4v) is 6.85. The first-order valence-corrected chi connectivity index (χ1v) is 14.1. The predicted molar refractivity (Wildman–Crippen MR) is 135 cm³/mol. The molecule has 170 valence electrons. The summed E-state index contributed by atoms with van der Waals surface area (Å²) in [7, 11) is -3.86. The smallest absolute Gasteiger partial charge is 0.264 e. The molecule has 4 nitrogen and oxygen atoms in total. The molecular formula is C22H27Cl3N2O2S2. The molecule has 1 fully saturated rings. The van der Waals surface area contributed by atoms with E-state index in [0.29, 0.717) is 32.4 Å². The van der Waals surface area contributed by atoms with Gasteiger partial charge in [0.05, 0.1) is 15.6 Å². The number of anilines is 1. The average molecular weight is 522 g/mol. The highest BCUT2D eigenvalue weighted by atomic mass is 35.5. The maximum absolute atomic E-state index is 13.6. The fourth-order valence-electron chi connectivity index (χ4n) is 3.90. The lowest BCUT2D eigenvalue weighted by molar-refractivity contribution is 0.327. The van der Waals surface area contributed by atoms with Crippen LogP contribution in [0.3, 0.4) is 0 Å². The highest BCUT2D eigenvalue weighted by Crippen LogP contribution is 2.35. The Bertz CT molecular complexity index is 987. The third-order valence-corrected chi connectivity index (χ3v) is 9.38. The molecule has 1 aliphatic heterocycles. The van der Waals surface area contributed by atoms with Crippen LogP contribution in [0, 0.1) is 0 Å². The molecule has 1 saturated heterocycles. The van der Waals surface area contributed by atoms with Crippen LogP contribution in [0.15, 0.2) is 47.4 Å². The van der Waals surface area contributed by atoms with Crippen LogP contribution in [-0.2, 0) is 10.0 Å². The maximum Gasteiger partial charge on any atom is 0.264 e. The monoisotopic (exact) mass is 520 g/mol. The lowest BCUT2D eigenvalue weighted by Gasteiger charge is -2.32. The number of hydrogen-bond acceptors (Lipinski definition) is 4. The molecule has 0 radical (unpaired) electrons. The number of hydrogen-bond donors (Lipinski definition) is 0. The lowest BCUT2D eigenvalue weighted by atomic mass is 10.1. The normalized spacial score (nSPS) is 18.3. The molecule has 0 bridgehead atoms. The van der Waals surface area contributed by atoms with Gasteiger partial charge in [-0.2, -0.15) is 11.8 Å². The summed E-state index contributed by atoms with van der Waals surface area (Å²) >= 11 is 20.5. The Hall–Kier alpha value is -0.630. The Morgan fingerprint density at radius 2 is 1.81 bits per heavy atom. The van der Waals surface area contributed by atoms with Gasteiger partial charge >= 0.3 is 0 Å². The molecular weight excluding hydrogens is 495 g/mol. The third kappa shape index (κ3) is 6.24. The number of nitrogens with zero attached hydrogens (tertiary/aromatic N) is 2. The van der Waals surface area contributed by atoms with Gasteiger partial charge in [-0.25, -0.2) is 8.42 Å². The minimum atomic E-state index is -3.86. The average Bonchev–Trinajstić information content (AvgIpc) is 3.19. The summed E-state index contributed by atoms with van der Waals surface area (Å²) in [5.74, 6) is 0. The molecule has 0 amide bonds. The lowest BCUT2D eigenvalue weighted by Crippen LogP contribution is -2.39. The van der Waals surface area contributed by atoms with Gasteiger partial charge in [-0.15, -0.1) is 0 Å². The number of halogens is 3. The molecule has 0 aliphatic carbocycles. The molecule has 31 heavy (non-hydrogen) atoms. The van der Waals surface area contributed by atoms with E-state index in [-0.39, 0.29) is 10.9 Å². The molecule has 9 heteroatoms. The van der Waals surface area contributed by atoms with Crippen molar-refractivity contribution in [2.24, 2.45) is 0 Å². The summed E-state index contributed by atoms with van der Waals surface area (Å²) in [4.78, 5) is 2.63. The molecule has 2 atom stereocenters. The third-order valence-electron chi connectivity index (χ3n) is 5.58. The van der Waals surface area contributed by atoms with Crippen molar-refractivity contribution in [3.8, 4) is 0 Å². The zero-order valence-corrected chi connectivity index (χ0v) is 21.5. The Kier molecular flexibility index (Phi) is 8.87. The van der Waals surface area contributed by atoms with Crippen LogP contribution in [-0.4, -0.2) is 50.5 Å². The molecule has 3 rings (SSSR count). The Labute approximate surface area is 204 Å². The summed E-state index contributed by atoms with van der Waals surface area (Å²) in [6.07, 6.45) is 4.97. The second-order valence-corrected chi connectivity index (χ2v) is 12.0. The van der Waals surface area contributed by atoms with Crippen molar-refractivity contribution in [3.05, 3.63) is 57.5 Å². The Balaban J connectivity index is 1.83. The van der Waals surface area contributed by atoms with Crippen molar-refractivity contribution >= 4 is 62.3 Å². The fraction of sp³-hybridized carbons (Fsp3) is 0.455. The first-order chi connectivity index (χ1) is 14.7. The van der Waals surface area contributed by atoms with Crippen LogP contribution < -0.4 is 4.31 Å². The largest absolute Gasteiger partial charge is 0.302 e. The van der Waals surface area contributed by atoms with Gasteiger partial charge in [-0.3, -0.25) is 4.31 Å². The molecule has 1 aliphatic rings. The minimum Gasteiger partial charge on any atom is -0.302 e. The molecule has 0 saturated carbocycles. The molecule has 2 aromatic carbocycles. The first-order valence-electron chi connectivity index (χ1n) is 10.2. The summed E-state index contributed by atoms with van der Waals surface area (Å²) < 4.78 is 28.6. The van der Waals surface area contributed by atoms with Gasteiger partial charge in [-0.1, -0.05) is 34.8 Å². The van der Waals surface area contributed by atoms with Crippen LogP contribution in [0.4, 0.5) is 5.69 Å². The van der Waals surface area contributed by atoms with E-state index >= 15 is 0 Å². The van der Waals surface area contributed by atoms with Crippen molar-refractivity contribution in [1.82, 2.24) is 4.90 Å². The summed E-state index contributed by atoms with van der Waals surface area (Å²) in [5, 5.41) is 1.96. The SMILES string of the molecule is CSC1CCN(CCC[C@@H](C)N(c2cc(Cl)ccc2Cl)S(=O)(=O)c2ccc(Cl)cc2)C1. The van der Waals surface area contributed by atoms with Gasteiger partial charge in [0.2, 0.25) is 0 Å². The highest BCUT2D eigenvalue weighted by molar-refractivity contribution is 7.99. The van der Waals surface area contributed by atoms with E-state index in [0.717, 1.165) is 26.1 Å². The highest BCUT2D eigenvalue weighted by Gasteiger charge is 2.31.